The van der Waals surface area contributed by atoms with Crippen molar-refractivity contribution >= 4 is 11.8 Å². The fraction of sp³-hybridized carbons (Fsp3) is 0.375. The maximum Gasteiger partial charge on any atom is 0.396 e. The molecule has 1 aliphatic heterocycles. The van der Waals surface area contributed by atoms with Crippen LogP contribution in [0, 0.1) is 0 Å². The number of Topliss-reactive ketones (excluding diaryl/α,β-unsaturated/α-hetero) is 1. The molecule has 1 heterocycles. The van der Waals surface area contributed by atoms with E-state index in [1.807, 2.05) is 19.2 Å². The number of likely N-dealkylation sites (N-methyl/N-ethyl adjacent to an activating group) is 1. The third-order valence-corrected chi connectivity index (χ3v) is 3.79. The van der Waals surface area contributed by atoms with Crippen LogP contribution in [0.3, 0.4) is 0 Å². The molecule has 1 aromatic carbocycles. The molecule has 1 saturated heterocycles. The van der Waals surface area contributed by atoms with Gasteiger partial charge in [-0.3, -0.25) is 9.28 Å². The second-order valence-corrected chi connectivity index (χ2v) is 5.60. The van der Waals surface area contributed by atoms with Gasteiger partial charge in [-0.05, 0) is 13.8 Å². The van der Waals surface area contributed by atoms with Crippen LogP contribution in [0.1, 0.15) is 29.8 Å². The lowest BCUT2D eigenvalue weighted by atomic mass is 10.1. The van der Waals surface area contributed by atoms with Crippen molar-refractivity contribution in [2.24, 2.45) is 0 Å². The van der Waals surface area contributed by atoms with Gasteiger partial charge in [0.2, 0.25) is 0 Å². The SMILES string of the molecule is CC(=O)c1ccc(C[N+]2(C)CCOC(=O)/C2=C(\C)O)cc1. The maximum absolute atomic E-state index is 11.9. The molecule has 5 heteroatoms. The summed E-state index contributed by atoms with van der Waals surface area (Å²) in [5.41, 5.74) is 1.95. The Labute approximate surface area is 124 Å². The van der Waals surface area contributed by atoms with E-state index >= 15 is 0 Å². The van der Waals surface area contributed by atoms with Crippen molar-refractivity contribution in [2.45, 2.75) is 20.4 Å². The zero-order valence-electron chi connectivity index (χ0n) is 12.5. The largest absolute Gasteiger partial charge is 0.506 e. The number of carbonyl (C=O) groups is 2. The summed E-state index contributed by atoms with van der Waals surface area (Å²) in [6, 6.07) is 7.32. The molecule has 1 N–H and O–H groups in total. The Hall–Kier alpha value is -2.14. The highest BCUT2D eigenvalue weighted by Gasteiger charge is 2.40. The molecule has 1 fully saturated rings. The average Bonchev–Trinajstić information content (AvgIpc) is 2.38. The van der Waals surface area contributed by atoms with E-state index in [-0.39, 0.29) is 17.2 Å². The summed E-state index contributed by atoms with van der Waals surface area (Å²) in [6.07, 6.45) is 0. The number of rotatable bonds is 3. The topological polar surface area (TPSA) is 63.6 Å². The summed E-state index contributed by atoms with van der Waals surface area (Å²) in [6.45, 7) is 4.52. The quantitative estimate of drug-likeness (QED) is 0.305. The fourth-order valence-corrected chi connectivity index (χ4v) is 2.68. The number of ether oxygens (including phenoxy) is 1. The highest BCUT2D eigenvalue weighted by molar-refractivity contribution is 5.94. The van der Waals surface area contributed by atoms with Crippen molar-refractivity contribution in [3.05, 3.63) is 46.8 Å². The van der Waals surface area contributed by atoms with Crippen LogP contribution in [0.25, 0.3) is 0 Å². The number of aliphatic hydroxyl groups is 1. The van der Waals surface area contributed by atoms with Crippen LogP contribution in [0.2, 0.25) is 0 Å². The van der Waals surface area contributed by atoms with Gasteiger partial charge in [0.15, 0.2) is 11.5 Å². The number of cyclic esters (lactones) is 1. The molecule has 2 rings (SSSR count). The molecule has 5 nitrogen and oxygen atoms in total. The lowest BCUT2D eigenvalue weighted by Crippen LogP contribution is -2.51. The third-order valence-electron chi connectivity index (χ3n) is 3.79. The van der Waals surface area contributed by atoms with Crippen molar-refractivity contribution in [3.63, 3.8) is 0 Å². The Kier molecular flexibility index (Phi) is 4.14. The summed E-state index contributed by atoms with van der Waals surface area (Å²) in [7, 11) is 1.90. The first-order valence-electron chi connectivity index (χ1n) is 6.85. The van der Waals surface area contributed by atoms with Gasteiger partial charge < -0.3 is 9.84 Å². The molecule has 0 radical (unpaired) electrons. The highest BCUT2D eigenvalue weighted by atomic mass is 16.5. The molecular weight excluding hydrogens is 270 g/mol. The number of ketones is 1. The predicted molar refractivity (Wildman–Crippen MR) is 77.5 cm³/mol. The smallest absolute Gasteiger partial charge is 0.396 e. The van der Waals surface area contributed by atoms with Crippen molar-refractivity contribution in [1.29, 1.82) is 0 Å². The third kappa shape index (κ3) is 3.13. The molecule has 1 unspecified atom stereocenters. The average molecular weight is 290 g/mol. The molecule has 0 amide bonds. The van der Waals surface area contributed by atoms with Crippen molar-refractivity contribution < 1.29 is 23.9 Å². The van der Waals surface area contributed by atoms with Gasteiger partial charge >= 0.3 is 5.97 Å². The summed E-state index contributed by atoms with van der Waals surface area (Å²) in [5.74, 6) is -0.457. The van der Waals surface area contributed by atoms with Gasteiger partial charge in [0.05, 0.1) is 7.05 Å². The van der Waals surface area contributed by atoms with Gasteiger partial charge in [-0.1, -0.05) is 24.3 Å². The van der Waals surface area contributed by atoms with Gasteiger partial charge in [0, 0.05) is 11.1 Å². The number of aliphatic hydroxyl groups excluding tert-OH is 1. The Morgan fingerprint density at radius 3 is 2.43 bits per heavy atom. The Morgan fingerprint density at radius 2 is 1.90 bits per heavy atom. The Morgan fingerprint density at radius 1 is 1.29 bits per heavy atom. The number of hydrogen-bond donors (Lipinski definition) is 1. The summed E-state index contributed by atoms with van der Waals surface area (Å²) >= 11 is 0. The molecule has 0 saturated carbocycles. The Balaban J connectivity index is 2.29. The molecule has 1 atom stereocenters. The van der Waals surface area contributed by atoms with Crippen molar-refractivity contribution in [1.82, 2.24) is 0 Å². The first-order valence-corrected chi connectivity index (χ1v) is 6.85. The molecule has 0 spiro atoms. The lowest BCUT2D eigenvalue weighted by molar-refractivity contribution is -0.887. The molecule has 112 valence electrons. The number of allylic oxidation sites excluding steroid dienone is 1. The minimum atomic E-state index is -0.468. The molecular formula is C16H20NO4+. The van der Waals surface area contributed by atoms with Crippen LogP contribution in [0.5, 0.6) is 0 Å². The molecule has 0 bridgehead atoms. The molecule has 0 aromatic heterocycles. The highest BCUT2D eigenvalue weighted by Crippen LogP contribution is 2.26. The van der Waals surface area contributed by atoms with Gasteiger partial charge in [0.25, 0.3) is 5.70 Å². The zero-order valence-corrected chi connectivity index (χ0v) is 12.5. The monoisotopic (exact) mass is 290 g/mol. The molecule has 0 aliphatic carbocycles. The summed E-state index contributed by atoms with van der Waals surface area (Å²) < 4.78 is 5.31. The molecule has 1 aliphatic rings. The summed E-state index contributed by atoms with van der Waals surface area (Å²) in [4.78, 5) is 23.2. The van der Waals surface area contributed by atoms with Crippen LogP contribution in [0.15, 0.2) is 35.7 Å². The van der Waals surface area contributed by atoms with E-state index in [1.165, 1.54) is 13.8 Å². The van der Waals surface area contributed by atoms with E-state index in [0.29, 0.717) is 29.7 Å². The van der Waals surface area contributed by atoms with E-state index in [0.717, 1.165) is 5.56 Å². The van der Waals surface area contributed by atoms with Crippen LogP contribution >= 0.6 is 0 Å². The van der Waals surface area contributed by atoms with E-state index in [2.05, 4.69) is 0 Å². The predicted octanol–water partition coefficient (Wildman–Crippen LogP) is 2.18. The second-order valence-electron chi connectivity index (χ2n) is 5.60. The van der Waals surface area contributed by atoms with Crippen LogP contribution < -0.4 is 0 Å². The number of nitrogens with zero attached hydrogens (tertiary/aromatic N) is 1. The van der Waals surface area contributed by atoms with E-state index in [9.17, 15) is 14.7 Å². The van der Waals surface area contributed by atoms with Crippen molar-refractivity contribution in [3.8, 4) is 0 Å². The van der Waals surface area contributed by atoms with E-state index in [1.54, 1.807) is 12.1 Å². The van der Waals surface area contributed by atoms with Gasteiger partial charge in [0.1, 0.15) is 19.7 Å². The first kappa shape index (κ1) is 15.3. The molecule has 21 heavy (non-hydrogen) atoms. The van der Waals surface area contributed by atoms with E-state index < -0.39 is 5.97 Å². The van der Waals surface area contributed by atoms with Gasteiger partial charge in [-0.2, -0.15) is 0 Å². The van der Waals surface area contributed by atoms with Gasteiger partial charge in [-0.25, -0.2) is 4.79 Å². The second kappa shape index (κ2) is 5.69. The van der Waals surface area contributed by atoms with Crippen LogP contribution in [-0.2, 0) is 16.1 Å². The number of morpholine rings is 1. The minimum absolute atomic E-state index is 0.0115. The minimum Gasteiger partial charge on any atom is -0.506 e. The maximum atomic E-state index is 11.9. The number of hydrogen-bond acceptors (Lipinski definition) is 4. The number of esters is 1. The lowest BCUT2D eigenvalue weighted by Gasteiger charge is -2.37. The van der Waals surface area contributed by atoms with Crippen LogP contribution in [-0.4, -0.2) is 41.5 Å². The normalized spacial score (nSPS) is 24.4. The number of benzene rings is 1. The fourth-order valence-electron chi connectivity index (χ4n) is 2.68. The van der Waals surface area contributed by atoms with E-state index in [4.69, 9.17) is 4.74 Å². The zero-order chi connectivity index (χ0) is 15.6. The molecule has 1 aromatic rings. The van der Waals surface area contributed by atoms with Crippen LogP contribution in [0.4, 0.5) is 0 Å². The Bertz CT molecular complexity index is 599. The first-order chi connectivity index (χ1) is 9.83. The number of quaternary nitrogens is 1. The van der Waals surface area contributed by atoms with Crippen molar-refractivity contribution in [2.75, 3.05) is 20.2 Å². The van der Waals surface area contributed by atoms with Gasteiger partial charge in [-0.15, -0.1) is 0 Å². The summed E-state index contributed by atoms with van der Waals surface area (Å²) in [5, 5.41) is 9.80. The standard InChI is InChI=1S/C16H19NO4/c1-11(18)14-6-4-13(5-7-14)10-17(3)8-9-21-16(20)15(17)12(2)19/h4-7H,8-10H2,1-3H3/p+1. The number of carbonyl (C=O) groups excluding carboxylic acids is 2.